The number of hydrogen-bond acceptors (Lipinski definition) is 2. The minimum absolute atomic E-state index is 0.492. The average molecular weight is 150 g/mol. The fourth-order valence-electron chi connectivity index (χ4n) is 0.709. The number of imidazole rings is 1. The van der Waals surface area contributed by atoms with Crippen LogP contribution in [0, 0.1) is 0 Å². The van der Waals surface area contributed by atoms with Crippen molar-refractivity contribution < 1.29 is 0 Å². The molecule has 2 N–H and O–H groups in total. The van der Waals surface area contributed by atoms with Crippen LogP contribution in [0.5, 0.6) is 0 Å². The summed E-state index contributed by atoms with van der Waals surface area (Å²) in [5.41, 5.74) is 5.37. The third-order valence-corrected chi connectivity index (χ3v) is 1.10. The first kappa shape index (κ1) is 7.53. The molecular formula is C7H10N4. The van der Waals surface area contributed by atoms with Gasteiger partial charge < -0.3 is 5.73 Å². The van der Waals surface area contributed by atoms with Crippen LogP contribution >= 0.6 is 0 Å². The Hall–Kier alpha value is -1.58. The highest BCUT2D eigenvalue weighted by molar-refractivity contribution is 5.77. The molecule has 0 atom stereocenters. The molecule has 4 nitrogen and oxygen atoms in total. The van der Waals surface area contributed by atoms with Gasteiger partial charge in [-0.3, -0.25) is 0 Å². The Labute approximate surface area is 65.0 Å². The van der Waals surface area contributed by atoms with E-state index in [4.69, 9.17) is 5.73 Å². The van der Waals surface area contributed by atoms with Crippen molar-refractivity contribution in [3.63, 3.8) is 0 Å². The smallest absolute Gasteiger partial charge is 0.152 e. The first-order valence-electron chi connectivity index (χ1n) is 3.21. The Morgan fingerprint density at radius 3 is 3.18 bits per heavy atom. The number of hydrogen-bond donors (Lipinski definition) is 1. The summed E-state index contributed by atoms with van der Waals surface area (Å²) >= 11 is 0. The van der Waals surface area contributed by atoms with Crippen molar-refractivity contribution in [3.05, 3.63) is 24.8 Å². The molecule has 11 heavy (non-hydrogen) atoms. The summed E-state index contributed by atoms with van der Waals surface area (Å²) in [6.45, 7) is 5.29. The van der Waals surface area contributed by atoms with Crippen LogP contribution in [0.15, 0.2) is 24.1 Å². The second-order valence-electron chi connectivity index (χ2n) is 2.08. The molecule has 0 aliphatic rings. The lowest BCUT2D eigenvalue weighted by atomic mass is 10.6. The zero-order valence-corrected chi connectivity index (χ0v) is 6.36. The lowest BCUT2D eigenvalue weighted by Gasteiger charge is -1.95. The van der Waals surface area contributed by atoms with Crippen molar-refractivity contribution in [2.45, 2.75) is 6.92 Å². The molecule has 0 saturated heterocycles. The predicted octanol–water partition coefficient (Wildman–Crippen LogP) is 0.666. The Morgan fingerprint density at radius 2 is 2.64 bits per heavy atom. The highest BCUT2D eigenvalue weighted by Crippen LogP contribution is 1.97. The Morgan fingerprint density at radius 1 is 1.91 bits per heavy atom. The summed E-state index contributed by atoms with van der Waals surface area (Å²) in [7, 11) is 0. The molecule has 0 unspecified atom stereocenters. The lowest BCUT2D eigenvalue weighted by molar-refractivity contribution is 0.857. The minimum Gasteiger partial charge on any atom is -0.386 e. The zero-order chi connectivity index (χ0) is 8.27. The van der Waals surface area contributed by atoms with Crippen LogP contribution in [-0.4, -0.2) is 15.5 Å². The summed E-state index contributed by atoms with van der Waals surface area (Å²) in [6, 6.07) is 0. The molecule has 4 heteroatoms. The van der Waals surface area contributed by atoms with Crippen LogP contribution in [0.4, 0.5) is 0 Å². The van der Waals surface area contributed by atoms with Crippen molar-refractivity contribution in [1.29, 1.82) is 0 Å². The number of nitrogens with two attached hydrogens (primary N) is 1. The first-order chi connectivity index (χ1) is 5.24. The number of rotatable bonds is 2. The highest BCUT2D eigenvalue weighted by Gasteiger charge is 1.93. The summed E-state index contributed by atoms with van der Waals surface area (Å²) in [4.78, 5) is 3.97. The van der Waals surface area contributed by atoms with Crippen molar-refractivity contribution in [2.24, 2.45) is 10.8 Å². The van der Waals surface area contributed by atoms with Gasteiger partial charge in [-0.2, -0.15) is 5.10 Å². The van der Waals surface area contributed by atoms with Crippen LogP contribution in [0.3, 0.4) is 0 Å². The van der Waals surface area contributed by atoms with E-state index < -0.39 is 0 Å². The van der Waals surface area contributed by atoms with Gasteiger partial charge in [-0.25, -0.2) is 9.66 Å². The molecule has 0 bridgehead atoms. The van der Waals surface area contributed by atoms with Gasteiger partial charge in [0, 0.05) is 12.4 Å². The van der Waals surface area contributed by atoms with Gasteiger partial charge >= 0.3 is 0 Å². The molecule has 0 aromatic carbocycles. The predicted molar refractivity (Wildman–Crippen MR) is 45.0 cm³/mol. The summed E-state index contributed by atoms with van der Waals surface area (Å²) in [5, 5.41) is 3.97. The molecule has 0 spiro atoms. The monoisotopic (exact) mass is 150 g/mol. The van der Waals surface area contributed by atoms with Gasteiger partial charge in [-0.15, -0.1) is 0 Å². The zero-order valence-electron chi connectivity index (χ0n) is 6.36. The van der Waals surface area contributed by atoms with Gasteiger partial charge in [0.1, 0.15) is 5.84 Å². The number of nitrogens with zero attached hydrogens (tertiary/aromatic N) is 3. The van der Waals surface area contributed by atoms with E-state index >= 15 is 0 Å². The Kier molecular flexibility index (Phi) is 2.06. The molecule has 1 heterocycles. The normalized spacial score (nSPS) is 11.5. The Bertz CT molecular complexity index is 280. The third kappa shape index (κ3) is 1.67. The summed E-state index contributed by atoms with van der Waals surface area (Å²) in [6.07, 6.45) is 4.98. The van der Waals surface area contributed by atoms with E-state index in [1.165, 1.54) is 0 Å². The summed E-state index contributed by atoms with van der Waals surface area (Å²) in [5.74, 6) is 1.18. The molecule has 0 fully saturated rings. The number of amidine groups is 1. The van der Waals surface area contributed by atoms with Crippen LogP contribution in [-0.2, 0) is 0 Å². The van der Waals surface area contributed by atoms with Gasteiger partial charge in [0.2, 0.25) is 0 Å². The maximum Gasteiger partial charge on any atom is 0.152 e. The SMILES string of the molecule is C=Cc1nccn1/N=C(\C)N. The number of aromatic nitrogens is 2. The molecule has 58 valence electrons. The van der Waals surface area contributed by atoms with Crippen molar-refractivity contribution in [1.82, 2.24) is 9.66 Å². The molecule has 0 aliphatic carbocycles. The maximum absolute atomic E-state index is 5.37. The lowest BCUT2D eigenvalue weighted by Crippen LogP contribution is -2.08. The first-order valence-corrected chi connectivity index (χ1v) is 3.21. The van der Waals surface area contributed by atoms with Crippen molar-refractivity contribution in [3.8, 4) is 0 Å². The van der Waals surface area contributed by atoms with Gasteiger partial charge in [-0.1, -0.05) is 6.58 Å². The molecule has 1 aromatic rings. The molecule has 0 aliphatic heterocycles. The van der Waals surface area contributed by atoms with E-state index in [2.05, 4.69) is 16.7 Å². The fraction of sp³-hybridized carbons (Fsp3) is 0.143. The fourth-order valence-corrected chi connectivity index (χ4v) is 0.709. The topological polar surface area (TPSA) is 56.2 Å². The van der Waals surface area contributed by atoms with E-state index in [1.807, 2.05) is 0 Å². The second-order valence-corrected chi connectivity index (χ2v) is 2.08. The van der Waals surface area contributed by atoms with E-state index in [0.717, 1.165) is 0 Å². The minimum atomic E-state index is 0.492. The summed E-state index contributed by atoms with van der Waals surface area (Å²) < 4.78 is 1.57. The maximum atomic E-state index is 5.37. The van der Waals surface area contributed by atoms with Gasteiger partial charge in [0.25, 0.3) is 0 Å². The van der Waals surface area contributed by atoms with Crippen LogP contribution in [0.2, 0.25) is 0 Å². The van der Waals surface area contributed by atoms with Crippen molar-refractivity contribution in [2.75, 3.05) is 0 Å². The van der Waals surface area contributed by atoms with Gasteiger partial charge in [0.05, 0.1) is 0 Å². The molecule has 0 radical (unpaired) electrons. The van der Waals surface area contributed by atoms with Gasteiger partial charge in [-0.05, 0) is 13.0 Å². The van der Waals surface area contributed by atoms with E-state index in [0.29, 0.717) is 11.7 Å². The van der Waals surface area contributed by atoms with E-state index in [-0.39, 0.29) is 0 Å². The second kappa shape index (κ2) is 3.01. The molecule has 1 aromatic heterocycles. The van der Waals surface area contributed by atoms with Crippen LogP contribution in [0.25, 0.3) is 6.08 Å². The average Bonchev–Trinajstić information content (AvgIpc) is 2.34. The molecule has 1 rings (SSSR count). The van der Waals surface area contributed by atoms with Gasteiger partial charge in [0.15, 0.2) is 5.82 Å². The van der Waals surface area contributed by atoms with Crippen LogP contribution in [0.1, 0.15) is 12.7 Å². The highest BCUT2D eigenvalue weighted by atomic mass is 15.4. The largest absolute Gasteiger partial charge is 0.386 e. The Balaban J connectivity index is 3.03. The van der Waals surface area contributed by atoms with Crippen LogP contribution < -0.4 is 5.73 Å². The molecule has 0 saturated carbocycles. The quantitative estimate of drug-likeness (QED) is 0.497. The molecular weight excluding hydrogens is 140 g/mol. The standard InChI is InChI=1S/C7H10N4/c1-3-7-9-4-5-11(7)10-6(2)8/h3-5H,1H2,2H3,(H2,8,10). The van der Waals surface area contributed by atoms with E-state index in [1.54, 1.807) is 30.1 Å². The third-order valence-electron chi connectivity index (χ3n) is 1.10. The van der Waals surface area contributed by atoms with Crippen molar-refractivity contribution >= 4 is 11.9 Å². The molecule has 0 amide bonds. The van der Waals surface area contributed by atoms with E-state index in [9.17, 15) is 0 Å².